The van der Waals surface area contributed by atoms with Crippen molar-refractivity contribution in [2.45, 2.75) is 35.5 Å². The zero-order valence-corrected chi connectivity index (χ0v) is 29.4. The molecule has 0 heterocycles. The van der Waals surface area contributed by atoms with Crippen LogP contribution in [-0.4, -0.2) is 54.0 Å². The Morgan fingerprint density at radius 3 is 1.13 bits per heavy atom. The van der Waals surface area contributed by atoms with Crippen molar-refractivity contribution in [3.05, 3.63) is 109 Å². The summed E-state index contributed by atoms with van der Waals surface area (Å²) in [6.07, 6.45) is 2.21. The van der Waals surface area contributed by atoms with Crippen molar-refractivity contribution in [3.8, 4) is 0 Å². The molecule has 274 valence electrons. The number of rotatable bonds is 15. The lowest BCUT2D eigenvalue weighted by Gasteiger charge is -2.14. The predicted octanol–water partition coefficient (Wildman–Crippen LogP) is 5.21. The first-order chi connectivity index (χ1) is 24.9. The average molecular weight is 751 g/mol. The number of anilines is 4. The summed E-state index contributed by atoms with van der Waals surface area (Å²) in [6.45, 7) is 0.313. The van der Waals surface area contributed by atoms with Crippen LogP contribution in [0.25, 0.3) is 0 Å². The lowest BCUT2D eigenvalue weighted by atomic mass is 10.2. The Bertz CT molecular complexity index is 1920. The minimum absolute atomic E-state index is 0.0264. The molecule has 4 rings (SSSR count). The number of urea groups is 4. The Balaban J connectivity index is 1.13. The van der Waals surface area contributed by atoms with E-state index in [1.807, 2.05) is 9.44 Å². The summed E-state index contributed by atoms with van der Waals surface area (Å²) in [5.74, 6) is 0. The van der Waals surface area contributed by atoms with Crippen LogP contribution in [0, 0.1) is 0 Å². The molecule has 0 atom stereocenters. The van der Waals surface area contributed by atoms with Crippen LogP contribution in [-0.2, 0) is 20.0 Å². The summed E-state index contributed by atoms with van der Waals surface area (Å²) in [5, 5.41) is 15.1. The molecule has 0 aliphatic heterocycles. The highest BCUT2D eigenvalue weighted by molar-refractivity contribution is 7.90. The number of hydrogen-bond donors (Lipinski definition) is 8. The van der Waals surface area contributed by atoms with Gasteiger partial charge in [-0.1, -0.05) is 73.5 Å². The molecule has 52 heavy (non-hydrogen) atoms. The molecule has 0 saturated heterocycles. The van der Waals surface area contributed by atoms with Crippen LogP contribution in [0.1, 0.15) is 25.7 Å². The standard InChI is InChI=1S/C34H38N8O8S2/c43-31(41-51(47,48)29-21-11-9-19-27(29)39-33(45)37-25-15-5-3-6-16-25)35-23-13-1-2-14-24-36-32(44)42-52(49,50)30-22-12-10-20-28(30)40-34(46)38-26-17-7-4-8-18-26/h3-12,15-22H,1-2,13-14,23-24H2,(H2,35,41,43)(H2,36,42,44)(H2,37,39,45)(H2,38,40,46). The smallest absolute Gasteiger partial charge is 0.328 e. The molecule has 18 heteroatoms. The largest absolute Gasteiger partial charge is 0.337 e. The van der Waals surface area contributed by atoms with Crippen LogP contribution in [0.15, 0.2) is 119 Å². The minimum atomic E-state index is -4.34. The van der Waals surface area contributed by atoms with E-state index in [0.29, 0.717) is 37.1 Å². The van der Waals surface area contributed by atoms with Gasteiger partial charge in [0.15, 0.2) is 0 Å². The Morgan fingerprint density at radius 1 is 0.404 bits per heavy atom. The van der Waals surface area contributed by atoms with E-state index in [2.05, 4.69) is 31.9 Å². The topological polar surface area (TPSA) is 233 Å². The van der Waals surface area contributed by atoms with Gasteiger partial charge in [0.1, 0.15) is 9.79 Å². The fourth-order valence-corrected chi connectivity index (χ4v) is 6.84. The number of nitrogens with one attached hydrogen (secondary N) is 8. The maximum absolute atomic E-state index is 12.9. The van der Waals surface area contributed by atoms with Gasteiger partial charge >= 0.3 is 24.1 Å². The maximum Gasteiger partial charge on any atom is 0.328 e. The van der Waals surface area contributed by atoms with E-state index in [1.54, 1.807) is 60.7 Å². The van der Waals surface area contributed by atoms with Crippen molar-refractivity contribution in [1.29, 1.82) is 0 Å². The molecule has 4 aromatic carbocycles. The highest BCUT2D eigenvalue weighted by Crippen LogP contribution is 2.22. The maximum atomic E-state index is 12.9. The second-order valence-corrected chi connectivity index (χ2v) is 14.3. The second kappa shape index (κ2) is 18.7. The monoisotopic (exact) mass is 750 g/mol. The van der Waals surface area contributed by atoms with Crippen molar-refractivity contribution in [2.75, 3.05) is 34.4 Å². The van der Waals surface area contributed by atoms with Gasteiger partial charge < -0.3 is 31.9 Å². The Labute approximate surface area is 301 Å². The molecule has 0 unspecified atom stereocenters. The zero-order chi connectivity index (χ0) is 37.4. The van der Waals surface area contributed by atoms with Gasteiger partial charge in [0.05, 0.1) is 11.4 Å². The van der Waals surface area contributed by atoms with Gasteiger partial charge in [-0.2, -0.15) is 0 Å². The van der Waals surface area contributed by atoms with Crippen molar-refractivity contribution in [1.82, 2.24) is 20.1 Å². The highest BCUT2D eigenvalue weighted by atomic mass is 32.2. The van der Waals surface area contributed by atoms with Crippen LogP contribution >= 0.6 is 0 Å². The molecule has 0 bridgehead atoms. The van der Waals surface area contributed by atoms with Gasteiger partial charge in [0, 0.05) is 24.5 Å². The summed E-state index contributed by atoms with van der Waals surface area (Å²) >= 11 is 0. The molecule has 0 saturated carbocycles. The van der Waals surface area contributed by atoms with E-state index in [0.717, 1.165) is 0 Å². The van der Waals surface area contributed by atoms with Crippen LogP contribution in [0.3, 0.4) is 0 Å². The molecule has 0 aliphatic rings. The van der Waals surface area contributed by atoms with Gasteiger partial charge in [-0.3, -0.25) is 0 Å². The summed E-state index contributed by atoms with van der Waals surface area (Å²) in [5.41, 5.74) is 0.956. The fourth-order valence-electron chi connectivity index (χ4n) is 4.65. The van der Waals surface area contributed by atoms with Gasteiger partial charge in [-0.15, -0.1) is 0 Å². The first-order valence-electron chi connectivity index (χ1n) is 16.0. The number of sulfonamides is 2. The van der Waals surface area contributed by atoms with E-state index in [4.69, 9.17) is 0 Å². The number of hydrogen-bond acceptors (Lipinski definition) is 8. The van der Waals surface area contributed by atoms with E-state index in [-0.39, 0.29) is 34.3 Å². The minimum Gasteiger partial charge on any atom is -0.337 e. The third-order valence-electron chi connectivity index (χ3n) is 7.04. The van der Waals surface area contributed by atoms with Crippen molar-refractivity contribution >= 4 is 66.9 Å². The zero-order valence-electron chi connectivity index (χ0n) is 27.7. The first kappa shape index (κ1) is 38.7. The number of para-hydroxylation sites is 4. The van der Waals surface area contributed by atoms with E-state index < -0.39 is 44.2 Å². The van der Waals surface area contributed by atoms with E-state index in [1.165, 1.54) is 48.5 Å². The lowest BCUT2D eigenvalue weighted by molar-refractivity contribution is 0.244. The van der Waals surface area contributed by atoms with Crippen molar-refractivity contribution in [2.24, 2.45) is 0 Å². The quantitative estimate of drug-likeness (QED) is 0.0750. The molecule has 8 amide bonds. The number of unbranched alkanes of at least 4 members (excludes halogenated alkanes) is 3. The molecule has 0 aliphatic carbocycles. The molecule has 0 spiro atoms. The van der Waals surface area contributed by atoms with E-state index >= 15 is 0 Å². The molecule has 8 N–H and O–H groups in total. The van der Waals surface area contributed by atoms with E-state index in [9.17, 15) is 36.0 Å². The Kier molecular flexibility index (Phi) is 13.9. The summed E-state index contributed by atoms with van der Waals surface area (Å²) in [7, 11) is -8.67. The fraction of sp³-hybridized carbons (Fsp3) is 0.176. The molecule has 0 radical (unpaired) electrons. The second-order valence-electron chi connectivity index (χ2n) is 11.0. The highest BCUT2D eigenvalue weighted by Gasteiger charge is 2.23. The summed E-state index contributed by atoms with van der Waals surface area (Å²) < 4.78 is 55.5. The molecule has 0 aromatic heterocycles. The van der Waals surface area contributed by atoms with Gasteiger partial charge in [0.2, 0.25) is 0 Å². The molecular weight excluding hydrogens is 713 g/mol. The van der Waals surface area contributed by atoms with Crippen LogP contribution in [0.4, 0.5) is 41.9 Å². The first-order valence-corrected chi connectivity index (χ1v) is 18.9. The number of amides is 8. The molecule has 16 nitrogen and oxygen atoms in total. The predicted molar refractivity (Wildman–Crippen MR) is 197 cm³/mol. The van der Waals surface area contributed by atoms with Crippen LogP contribution in [0.5, 0.6) is 0 Å². The van der Waals surface area contributed by atoms with Crippen LogP contribution < -0.4 is 41.3 Å². The SMILES string of the molecule is O=C(Nc1ccccc1)Nc1ccccc1S(=O)(=O)NC(=O)NCCCCCCNC(=O)NS(=O)(=O)c1ccccc1NC(=O)Nc1ccccc1. The number of benzene rings is 4. The van der Waals surface area contributed by atoms with Gasteiger partial charge in [-0.05, 0) is 61.4 Å². The lowest BCUT2D eigenvalue weighted by Crippen LogP contribution is -2.40. The number of carbonyl (C=O) groups is 4. The summed E-state index contributed by atoms with van der Waals surface area (Å²) in [4.78, 5) is 48.9. The average Bonchev–Trinajstić information content (AvgIpc) is 3.10. The number of carbonyl (C=O) groups excluding carboxylic acids is 4. The van der Waals surface area contributed by atoms with Crippen LogP contribution in [0.2, 0.25) is 0 Å². The van der Waals surface area contributed by atoms with Gasteiger partial charge in [-0.25, -0.2) is 45.5 Å². The molecule has 4 aromatic rings. The van der Waals surface area contributed by atoms with Crippen molar-refractivity contribution in [3.63, 3.8) is 0 Å². The third kappa shape index (κ3) is 12.3. The van der Waals surface area contributed by atoms with Crippen molar-refractivity contribution < 1.29 is 36.0 Å². The molecule has 0 fully saturated rings. The summed E-state index contributed by atoms with van der Waals surface area (Å²) in [6, 6.07) is 25.2. The normalized spacial score (nSPS) is 11.0. The molecular formula is C34H38N8O8S2. The third-order valence-corrected chi connectivity index (χ3v) is 9.82. The Morgan fingerprint density at radius 2 is 0.750 bits per heavy atom. The van der Waals surface area contributed by atoms with Gasteiger partial charge in [0.25, 0.3) is 20.0 Å². The Hall–Kier alpha value is -6.14.